The molecule has 21 heavy (non-hydrogen) atoms. The highest BCUT2D eigenvalue weighted by molar-refractivity contribution is 7.99. The highest BCUT2D eigenvalue weighted by Crippen LogP contribution is 2.32. The normalized spacial score (nSPS) is 10.3. The van der Waals surface area contributed by atoms with E-state index in [2.05, 4.69) is 0 Å². The Morgan fingerprint density at radius 1 is 1.00 bits per heavy atom. The maximum Gasteiger partial charge on any atom is 0.336 e. The molecular formula is C15H12O5S. The number of aromatic carboxylic acids is 1. The topological polar surface area (TPSA) is 94.8 Å². The van der Waals surface area contributed by atoms with Gasteiger partial charge in [-0.2, -0.15) is 0 Å². The molecule has 0 radical (unpaired) electrons. The number of rotatable bonds is 5. The van der Waals surface area contributed by atoms with Crippen LogP contribution in [-0.4, -0.2) is 27.3 Å². The van der Waals surface area contributed by atoms with Gasteiger partial charge in [0.2, 0.25) is 0 Å². The Morgan fingerprint density at radius 3 is 2.24 bits per heavy atom. The molecular weight excluding hydrogens is 292 g/mol. The maximum absolute atomic E-state index is 11.1. The van der Waals surface area contributed by atoms with Crippen LogP contribution >= 0.6 is 11.8 Å². The molecule has 3 N–H and O–H groups in total. The summed E-state index contributed by atoms with van der Waals surface area (Å²) in [4.78, 5) is 23.0. The molecule has 0 bridgehead atoms. The monoisotopic (exact) mass is 304 g/mol. The predicted octanol–water partition coefficient (Wildman–Crippen LogP) is 2.87. The molecule has 6 heteroatoms. The van der Waals surface area contributed by atoms with Gasteiger partial charge in [-0.1, -0.05) is 23.9 Å². The second-order valence-corrected chi connectivity index (χ2v) is 5.42. The SMILES string of the molecule is O=C(O)Cc1ccc(Sc2ccc(O)cc2C(=O)O)cc1. The van der Waals surface area contributed by atoms with Gasteiger partial charge in [0.1, 0.15) is 5.75 Å². The Morgan fingerprint density at radius 2 is 1.67 bits per heavy atom. The Kier molecular flexibility index (Phi) is 4.49. The molecule has 2 aromatic rings. The number of hydrogen-bond donors (Lipinski definition) is 3. The lowest BCUT2D eigenvalue weighted by molar-refractivity contribution is -0.136. The molecule has 108 valence electrons. The van der Waals surface area contributed by atoms with E-state index in [0.717, 1.165) is 4.90 Å². The standard InChI is InChI=1S/C15H12O5S/c16-10-3-6-13(12(8-10)15(19)20)21-11-4-1-9(2-5-11)7-14(17)18/h1-6,8,16H,7H2,(H,17,18)(H,19,20). The predicted molar refractivity (Wildman–Crippen MR) is 77.0 cm³/mol. The van der Waals surface area contributed by atoms with Gasteiger partial charge in [-0.05, 0) is 35.9 Å². The van der Waals surface area contributed by atoms with E-state index in [0.29, 0.717) is 10.5 Å². The van der Waals surface area contributed by atoms with E-state index in [1.54, 1.807) is 24.3 Å². The number of carbonyl (C=O) groups is 2. The summed E-state index contributed by atoms with van der Waals surface area (Å²) in [6.07, 6.45) is -0.0511. The largest absolute Gasteiger partial charge is 0.508 e. The first-order valence-electron chi connectivity index (χ1n) is 6.00. The van der Waals surface area contributed by atoms with Crippen LogP contribution in [0.25, 0.3) is 0 Å². The third-order valence-electron chi connectivity index (χ3n) is 2.70. The number of phenolic OH excluding ortho intramolecular Hbond substituents is 1. The molecule has 2 rings (SSSR count). The molecule has 0 fully saturated rings. The molecule has 0 heterocycles. The number of aromatic hydroxyl groups is 1. The zero-order valence-electron chi connectivity index (χ0n) is 10.8. The molecule has 0 aliphatic heterocycles. The van der Waals surface area contributed by atoms with Crippen molar-refractivity contribution in [3.05, 3.63) is 53.6 Å². The lowest BCUT2D eigenvalue weighted by Gasteiger charge is -2.07. The van der Waals surface area contributed by atoms with Gasteiger partial charge in [0.25, 0.3) is 0 Å². The first-order valence-corrected chi connectivity index (χ1v) is 6.82. The molecule has 0 aliphatic carbocycles. The van der Waals surface area contributed by atoms with Crippen molar-refractivity contribution >= 4 is 23.7 Å². The molecule has 5 nitrogen and oxygen atoms in total. The van der Waals surface area contributed by atoms with Crippen LogP contribution in [0.15, 0.2) is 52.3 Å². The number of carboxylic acid groups (broad SMARTS) is 2. The van der Waals surface area contributed by atoms with E-state index < -0.39 is 11.9 Å². The number of aliphatic carboxylic acids is 1. The van der Waals surface area contributed by atoms with Crippen molar-refractivity contribution in [3.63, 3.8) is 0 Å². The van der Waals surface area contributed by atoms with Crippen molar-refractivity contribution in [2.24, 2.45) is 0 Å². The van der Waals surface area contributed by atoms with Gasteiger partial charge in [0.05, 0.1) is 12.0 Å². The van der Waals surface area contributed by atoms with Crippen molar-refractivity contribution < 1.29 is 24.9 Å². The maximum atomic E-state index is 11.1. The lowest BCUT2D eigenvalue weighted by Crippen LogP contribution is -1.99. The molecule has 0 spiro atoms. The van der Waals surface area contributed by atoms with Crippen LogP contribution in [0.5, 0.6) is 5.75 Å². The minimum atomic E-state index is -1.11. The Bertz CT molecular complexity index is 679. The van der Waals surface area contributed by atoms with Crippen LogP contribution < -0.4 is 0 Å². The van der Waals surface area contributed by atoms with Gasteiger partial charge in [-0.25, -0.2) is 4.79 Å². The molecule has 0 unspecified atom stereocenters. The smallest absolute Gasteiger partial charge is 0.336 e. The summed E-state index contributed by atoms with van der Waals surface area (Å²) in [5.74, 6) is -2.12. The van der Waals surface area contributed by atoms with Gasteiger partial charge in [0.15, 0.2) is 0 Å². The van der Waals surface area contributed by atoms with Crippen LogP contribution in [0.3, 0.4) is 0 Å². The zero-order valence-corrected chi connectivity index (χ0v) is 11.6. The van der Waals surface area contributed by atoms with Gasteiger partial charge < -0.3 is 15.3 Å². The summed E-state index contributed by atoms with van der Waals surface area (Å²) in [5.41, 5.74) is 0.700. The van der Waals surface area contributed by atoms with Gasteiger partial charge in [-0.15, -0.1) is 0 Å². The van der Waals surface area contributed by atoms with Crippen molar-refractivity contribution in [1.82, 2.24) is 0 Å². The molecule has 0 saturated heterocycles. The van der Waals surface area contributed by atoms with Gasteiger partial charge in [-0.3, -0.25) is 4.79 Å². The minimum Gasteiger partial charge on any atom is -0.508 e. The highest BCUT2D eigenvalue weighted by Gasteiger charge is 2.12. The summed E-state index contributed by atoms with van der Waals surface area (Å²) >= 11 is 1.24. The van der Waals surface area contributed by atoms with Gasteiger partial charge in [0, 0.05) is 9.79 Å². The number of phenols is 1. The minimum absolute atomic E-state index is 0.0228. The van der Waals surface area contributed by atoms with Crippen LogP contribution in [0.4, 0.5) is 0 Å². The van der Waals surface area contributed by atoms with E-state index in [4.69, 9.17) is 10.2 Å². The summed E-state index contributed by atoms with van der Waals surface area (Å²) in [5, 5.41) is 27.2. The van der Waals surface area contributed by atoms with Crippen molar-refractivity contribution in [2.75, 3.05) is 0 Å². The van der Waals surface area contributed by atoms with Crippen molar-refractivity contribution in [2.45, 2.75) is 16.2 Å². The molecule has 0 saturated carbocycles. The van der Waals surface area contributed by atoms with E-state index in [1.807, 2.05) is 0 Å². The van der Waals surface area contributed by atoms with Crippen LogP contribution in [0, 0.1) is 0 Å². The number of carboxylic acids is 2. The van der Waals surface area contributed by atoms with E-state index in [-0.39, 0.29) is 17.7 Å². The van der Waals surface area contributed by atoms with Crippen molar-refractivity contribution in [3.8, 4) is 5.75 Å². The third-order valence-corrected chi connectivity index (χ3v) is 3.78. The van der Waals surface area contributed by atoms with E-state index in [9.17, 15) is 14.7 Å². The molecule has 0 aliphatic rings. The fourth-order valence-corrected chi connectivity index (χ4v) is 2.67. The first-order chi connectivity index (χ1) is 9.95. The van der Waals surface area contributed by atoms with E-state index >= 15 is 0 Å². The molecule has 2 aromatic carbocycles. The summed E-state index contributed by atoms with van der Waals surface area (Å²) in [6, 6.07) is 11.0. The quantitative estimate of drug-likeness (QED) is 0.786. The second kappa shape index (κ2) is 6.32. The summed E-state index contributed by atoms with van der Waals surface area (Å²) in [7, 11) is 0. The average Bonchev–Trinajstić information content (AvgIpc) is 2.42. The zero-order chi connectivity index (χ0) is 15.4. The Balaban J connectivity index is 2.22. The molecule has 0 amide bonds. The van der Waals surface area contributed by atoms with Crippen LogP contribution in [0.2, 0.25) is 0 Å². The van der Waals surface area contributed by atoms with Crippen LogP contribution in [-0.2, 0) is 11.2 Å². The Hall–Kier alpha value is -2.47. The lowest BCUT2D eigenvalue weighted by atomic mass is 10.2. The highest BCUT2D eigenvalue weighted by atomic mass is 32.2. The van der Waals surface area contributed by atoms with Gasteiger partial charge >= 0.3 is 11.9 Å². The summed E-state index contributed by atoms with van der Waals surface area (Å²) in [6.45, 7) is 0. The second-order valence-electron chi connectivity index (χ2n) is 4.30. The summed E-state index contributed by atoms with van der Waals surface area (Å²) < 4.78 is 0. The Labute approximate surface area is 124 Å². The van der Waals surface area contributed by atoms with Crippen LogP contribution in [0.1, 0.15) is 15.9 Å². The fraction of sp³-hybridized carbons (Fsp3) is 0.0667. The number of benzene rings is 2. The molecule has 0 atom stereocenters. The van der Waals surface area contributed by atoms with E-state index in [1.165, 1.54) is 30.0 Å². The first kappa shape index (κ1) is 14.9. The fourth-order valence-electron chi connectivity index (χ4n) is 1.75. The number of hydrogen-bond acceptors (Lipinski definition) is 4. The molecule has 0 aromatic heterocycles. The third kappa shape index (κ3) is 4.00. The van der Waals surface area contributed by atoms with Crippen molar-refractivity contribution in [1.29, 1.82) is 0 Å². The average molecular weight is 304 g/mol.